The van der Waals surface area contributed by atoms with E-state index >= 15 is 0 Å². The van der Waals surface area contributed by atoms with Gasteiger partial charge in [0.15, 0.2) is 0 Å². The third-order valence-corrected chi connectivity index (χ3v) is 9.17. The van der Waals surface area contributed by atoms with Gasteiger partial charge in [-0.15, -0.1) is 0 Å². The predicted molar refractivity (Wildman–Crippen MR) is 116 cm³/mol. The monoisotopic (exact) mass is 578 g/mol. The van der Waals surface area contributed by atoms with Crippen LogP contribution in [0.2, 0.25) is 0 Å². The Balaban J connectivity index is 2.74. The smallest absolute Gasteiger partial charge is 0.297 e. The minimum Gasteiger partial charge on any atom is -0.468 e. The normalized spacial score (nSPS) is 14.5. The van der Waals surface area contributed by atoms with E-state index in [1.165, 1.54) is 0 Å². The SMILES string of the molecule is CC(N)COc1nc2c(s1)c(S(=O)(=O)O)cc1c(S(=O)(=O)O)c(S(=O)(=O)O)c(S(=O)(=O)O)cc12. The van der Waals surface area contributed by atoms with Gasteiger partial charge in [0.2, 0.25) is 0 Å². The molecule has 34 heavy (non-hydrogen) atoms. The highest BCUT2D eigenvalue weighted by atomic mass is 32.2. The number of rotatable bonds is 7. The molecule has 0 bridgehead atoms. The summed E-state index contributed by atoms with van der Waals surface area (Å²) in [6, 6.07) is 0.305. The largest absolute Gasteiger partial charge is 0.468 e. The van der Waals surface area contributed by atoms with Crippen molar-refractivity contribution in [1.29, 1.82) is 0 Å². The van der Waals surface area contributed by atoms with Gasteiger partial charge in [-0.2, -0.15) is 33.7 Å². The number of nitrogens with two attached hydrogens (primary N) is 1. The van der Waals surface area contributed by atoms with Gasteiger partial charge in [0.05, 0.1) is 10.2 Å². The lowest BCUT2D eigenvalue weighted by atomic mass is 10.1. The molecule has 0 fully saturated rings. The summed E-state index contributed by atoms with van der Waals surface area (Å²) >= 11 is 0.524. The number of benzene rings is 2. The van der Waals surface area contributed by atoms with Gasteiger partial charge in [-0.3, -0.25) is 18.2 Å². The van der Waals surface area contributed by atoms with Crippen molar-refractivity contribution in [2.75, 3.05) is 6.61 Å². The molecule has 2 aromatic carbocycles. The van der Waals surface area contributed by atoms with Gasteiger partial charge in [0.25, 0.3) is 45.7 Å². The Labute approximate surface area is 196 Å². The first kappa shape index (κ1) is 26.6. The summed E-state index contributed by atoms with van der Waals surface area (Å²) in [5.41, 5.74) is 5.06. The third-order valence-electron chi connectivity index (χ3n) is 4.14. The standard InChI is InChI=1S/C14H14N2O13S5/c1-5(15)4-29-14-16-10-6-2-9(32(20,21)22)13(34(26,27)28)12(33(23,24)25)7(6)3-8(11(10)30-14)31(17,18)19/h2-3,5H,4,15H2,1H3,(H,17,18,19)(H,20,21,22)(H,23,24,25)(H,26,27,28). The number of aromatic nitrogens is 1. The summed E-state index contributed by atoms with van der Waals surface area (Å²) in [5.74, 6) is 0. The molecule has 0 saturated heterocycles. The lowest BCUT2D eigenvalue weighted by Crippen LogP contribution is -2.23. The van der Waals surface area contributed by atoms with E-state index < -0.39 is 82.4 Å². The zero-order valence-corrected chi connectivity index (χ0v) is 20.6. The maximum absolute atomic E-state index is 12.1. The van der Waals surface area contributed by atoms with Gasteiger partial charge in [-0.25, -0.2) is 4.98 Å². The van der Waals surface area contributed by atoms with Crippen LogP contribution >= 0.6 is 11.3 Å². The van der Waals surface area contributed by atoms with Crippen LogP contribution in [0.25, 0.3) is 21.0 Å². The molecule has 0 spiro atoms. The average Bonchev–Trinajstić information content (AvgIpc) is 3.05. The van der Waals surface area contributed by atoms with E-state index in [1.807, 2.05) is 0 Å². The van der Waals surface area contributed by atoms with Crippen molar-refractivity contribution >= 4 is 72.8 Å². The van der Waals surface area contributed by atoms with E-state index in [0.29, 0.717) is 23.5 Å². The van der Waals surface area contributed by atoms with E-state index in [2.05, 4.69) is 4.98 Å². The third kappa shape index (κ3) is 5.00. The quantitative estimate of drug-likeness (QED) is 0.234. The zero-order chi connectivity index (χ0) is 26.0. The van der Waals surface area contributed by atoms with Crippen LogP contribution in [0.4, 0.5) is 0 Å². The van der Waals surface area contributed by atoms with Gasteiger partial charge in [0, 0.05) is 16.8 Å². The topological polar surface area (TPSA) is 266 Å². The van der Waals surface area contributed by atoms with Crippen LogP contribution in [0.1, 0.15) is 6.92 Å². The number of fused-ring (bicyclic) bond motifs is 3. The first-order chi connectivity index (χ1) is 15.2. The van der Waals surface area contributed by atoms with Crippen LogP contribution < -0.4 is 10.5 Å². The van der Waals surface area contributed by atoms with Gasteiger partial charge in [0.1, 0.15) is 26.2 Å². The van der Waals surface area contributed by atoms with Gasteiger partial charge in [-0.1, -0.05) is 11.3 Å². The van der Waals surface area contributed by atoms with Crippen molar-refractivity contribution in [2.45, 2.75) is 32.5 Å². The van der Waals surface area contributed by atoms with Crippen LogP contribution in [-0.4, -0.2) is 69.5 Å². The van der Waals surface area contributed by atoms with Crippen molar-refractivity contribution in [3.8, 4) is 5.19 Å². The maximum atomic E-state index is 12.1. The number of nitrogens with zero attached hydrogens (tertiary/aromatic N) is 1. The van der Waals surface area contributed by atoms with E-state index in [9.17, 15) is 51.9 Å². The molecule has 20 heteroatoms. The first-order valence-corrected chi connectivity index (χ1v) is 15.0. The Hall–Kier alpha value is -2.01. The minimum atomic E-state index is -5.78. The van der Waals surface area contributed by atoms with Crippen molar-refractivity contribution < 1.29 is 56.6 Å². The molecule has 1 unspecified atom stereocenters. The van der Waals surface area contributed by atoms with E-state index in [0.717, 1.165) is 0 Å². The Morgan fingerprint density at radius 2 is 1.35 bits per heavy atom. The molecule has 3 rings (SSSR count). The number of hydrogen-bond acceptors (Lipinski definition) is 12. The molecule has 0 amide bonds. The molecule has 188 valence electrons. The summed E-state index contributed by atoms with van der Waals surface area (Å²) < 4.78 is 139. The van der Waals surface area contributed by atoms with Crippen LogP contribution in [0, 0.1) is 0 Å². The average molecular weight is 579 g/mol. The molecular formula is C14H14N2O13S5. The zero-order valence-electron chi connectivity index (χ0n) is 16.5. The molecule has 6 N–H and O–H groups in total. The van der Waals surface area contributed by atoms with E-state index in [-0.39, 0.29) is 16.5 Å². The fourth-order valence-corrected chi connectivity index (χ4v) is 8.23. The summed E-state index contributed by atoms with van der Waals surface area (Å²) in [5, 5.41) is -1.82. The second kappa shape index (κ2) is 8.29. The molecule has 1 aromatic heterocycles. The van der Waals surface area contributed by atoms with Crippen molar-refractivity contribution in [1.82, 2.24) is 4.98 Å². The van der Waals surface area contributed by atoms with Gasteiger partial charge >= 0.3 is 0 Å². The number of hydrogen-bond donors (Lipinski definition) is 5. The van der Waals surface area contributed by atoms with Crippen molar-refractivity contribution in [3.63, 3.8) is 0 Å². The molecule has 1 heterocycles. The maximum Gasteiger partial charge on any atom is 0.297 e. The molecule has 0 aliphatic carbocycles. The molecular weight excluding hydrogens is 564 g/mol. The molecule has 1 atom stereocenters. The highest BCUT2D eigenvalue weighted by molar-refractivity contribution is 7.90. The van der Waals surface area contributed by atoms with Crippen molar-refractivity contribution in [2.24, 2.45) is 5.73 Å². The predicted octanol–water partition coefficient (Wildman–Crippen LogP) is 0.162. The summed E-state index contributed by atoms with van der Waals surface area (Å²) in [7, 11) is -22.2. The molecule has 3 aromatic rings. The fraction of sp³-hybridized carbons (Fsp3) is 0.214. The molecule has 0 aliphatic heterocycles. The van der Waals surface area contributed by atoms with Gasteiger partial charge in [-0.05, 0) is 19.1 Å². The van der Waals surface area contributed by atoms with Gasteiger partial charge < -0.3 is 10.5 Å². The molecule has 15 nitrogen and oxygen atoms in total. The van der Waals surface area contributed by atoms with E-state index in [4.69, 9.17) is 10.5 Å². The summed E-state index contributed by atoms with van der Waals surface area (Å²) in [4.78, 5) is -2.46. The lowest BCUT2D eigenvalue weighted by Gasteiger charge is -2.14. The van der Waals surface area contributed by atoms with Crippen LogP contribution in [0.5, 0.6) is 5.19 Å². The highest BCUT2D eigenvalue weighted by Gasteiger charge is 2.36. The Bertz CT molecular complexity index is 1770. The summed E-state index contributed by atoms with van der Waals surface area (Å²) in [6.45, 7) is 1.43. The van der Waals surface area contributed by atoms with E-state index in [1.54, 1.807) is 6.92 Å². The highest BCUT2D eigenvalue weighted by Crippen LogP contribution is 2.43. The molecule has 0 aliphatic rings. The Kier molecular flexibility index (Phi) is 6.48. The second-order valence-corrected chi connectivity index (χ2v) is 13.3. The summed E-state index contributed by atoms with van der Waals surface area (Å²) in [6.07, 6.45) is 0. The number of thiazole rings is 1. The Morgan fingerprint density at radius 1 is 0.853 bits per heavy atom. The fourth-order valence-electron chi connectivity index (χ4n) is 2.96. The van der Waals surface area contributed by atoms with Crippen LogP contribution in [-0.2, 0) is 40.5 Å². The lowest BCUT2D eigenvalue weighted by molar-refractivity contribution is 0.295. The van der Waals surface area contributed by atoms with Crippen molar-refractivity contribution in [3.05, 3.63) is 12.1 Å². The Morgan fingerprint density at radius 3 is 1.79 bits per heavy atom. The van der Waals surface area contributed by atoms with Crippen LogP contribution in [0.3, 0.4) is 0 Å². The van der Waals surface area contributed by atoms with Crippen LogP contribution in [0.15, 0.2) is 31.7 Å². The first-order valence-electron chi connectivity index (χ1n) is 8.45. The minimum absolute atomic E-state index is 0.127. The molecule has 0 saturated carbocycles. The molecule has 0 radical (unpaired) electrons. The number of ether oxygens (including phenoxy) is 1. The second-order valence-electron chi connectivity index (χ2n) is 6.85.